The SMILES string of the molecule is COc1ccc(CN2C3CC2CN(c2ccc(-c4cc(C5=CCNC5)cn5ncc(C#N)c45)cn2)C3)cn1. The van der Waals surface area contributed by atoms with Gasteiger partial charge in [-0.05, 0) is 41.3 Å². The van der Waals surface area contributed by atoms with E-state index in [1.807, 2.05) is 29.2 Å². The summed E-state index contributed by atoms with van der Waals surface area (Å²) in [6, 6.07) is 13.8. The van der Waals surface area contributed by atoms with Gasteiger partial charge in [0.1, 0.15) is 11.9 Å². The molecule has 0 aliphatic carbocycles. The average Bonchev–Trinajstić information content (AvgIpc) is 3.66. The molecule has 2 bridgehead atoms. The number of piperidine rings is 1. The summed E-state index contributed by atoms with van der Waals surface area (Å²) in [4.78, 5) is 14.2. The minimum atomic E-state index is 0.520. The van der Waals surface area contributed by atoms with Crippen LogP contribution in [0, 0.1) is 11.3 Å². The van der Waals surface area contributed by atoms with Crippen molar-refractivity contribution < 1.29 is 4.74 Å². The molecule has 0 aromatic carbocycles. The van der Waals surface area contributed by atoms with Crippen LogP contribution >= 0.6 is 0 Å². The fraction of sp³-hybridized carbons (Fsp3) is 0.310. The molecule has 0 amide bonds. The second kappa shape index (κ2) is 9.24. The van der Waals surface area contributed by atoms with Gasteiger partial charge in [0.05, 0.1) is 24.4 Å². The maximum absolute atomic E-state index is 9.70. The van der Waals surface area contributed by atoms with Crippen molar-refractivity contribution in [1.29, 1.82) is 5.26 Å². The molecule has 2 unspecified atom stereocenters. The van der Waals surface area contributed by atoms with Gasteiger partial charge in [0, 0.05) is 80.6 Å². The van der Waals surface area contributed by atoms with E-state index in [1.165, 1.54) is 17.6 Å². The lowest BCUT2D eigenvalue weighted by Gasteiger charge is -2.56. The van der Waals surface area contributed by atoms with Crippen molar-refractivity contribution in [3.63, 3.8) is 0 Å². The van der Waals surface area contributed by atoms with Crippen LogP contribution in [0.4, 0.5) is 5.82 Å². The quantitative estimate of drug-likeness (QED) is 0.428. The van der Waals surface area contributed by atoms with Gasteiger partial charge >= 0.3 is 0 Å². The summed E-state index contributed by atoms with van der Waals surface area (Å²) in [5, 5.41) is 17.5. The minimum absolute atomic E-state index is 0.520. The van der Waals surface area contributed by atoms with Gasteiger partial charge in [0.25, 0.3) is 0 Å². The smallest absolute Gasteiger partial charge is 0.212 e. The van der Waals surface area contributed by atoms with Crippen molar-refractivity contribution in [2.24, 2.45) is 0 Å². The van der Waals surface area contributed by atoms with Gasteiger partial charge in [-0.25, -0.2) is 14.5 Å². The zero-order valence-corrected chi connectivity index (χ0v) is 21.2. The molecule has 0 spiro atoms. The van der Waals surface area contributed by atoms with Crippen molar-refractivity contribution in [1.82, 2.24) is 29.8 Å². The minimum Gasteiger partial charge on any atom is -0.481 e. The van der Waals surface area contributed by atoms with Crippen LogP contribution in [0.15, 0.2) is 61.2 Å². The molecule has 0 saturated carbocycles. The lowest BCUT2D eigenvalue weighted by Crippen LogP contribution is -2.68. The van der Waals surface area contributed by atoms with Gasteiger partial charge in [-0.15, -0.1) is 0 Å². The number of fused-ring (bicyclic) bond motifs is 3. The van der Waals surface area contributed by atoms with Gasteiger partial charge in [-0.1, -0.05) is 12.1 Å². The summed E-state index contributed by atoms with van der Waals surface area (Å²) >= 11 is 0. The molecule has 8 heterocycles. The van der Waals surface area contributed by atoms with E-state index in [9.17, 15) is 5.26 Å². The number of aromatic nitrogens is 4. The predicted octanol–water partition coefficient (Wildman–Crippen LogP) is 3.12. The van der Waals surface area contributed by atoms with Crippen LogP contribution in [0.1, 0.15) is 23.1 Å². The van der Waals surface area contributed by atoms with E-state index in [2.05, 4.69) is 61.6 Å². The number of methoxy groups -OCH3 is 1. The van der Waals surface area contributed by atoms with Crippen LogP contribution in [-0.4, -0.2) is 69.9 Å². The average molecular weight is 505 g/mol. The maximum Gasteiger partial charge on any atom is 0.212 e. The third-order valence-electron chi connectivity index (χ3n) is 8.01. The Morgan fingerprint density at radius 2 is 1.97 bits per heavy atom. The number of hydrogen-bond acceptors (Lipinski definition) is 8. The number of nitriles is 1. The van der Waals surface area contributed by atoms with Gasteiger partial charge in [0.15, 0.2) is 0 Å². The van der Waals surface area contributed by atoms with Crippen LogP contribution in [0.5, 0.6) is 5.88 Å². The molecule has 38 heavy (non-hydrogen) atoms. The Bertz CT molecular complexity index is 1560. The normalized spacial score (nSPS) is 20.7. The number of nitrogens with one attached hydrogen (secondary N) is 1. The second-order valence-electron chi connectivity index (χ2n) is 10.2. The first-order chi connectivity index (χ1) is 18.7. The molecule has 3 fully saturated rings. The van der Waals surface area contributed by atoms with Crippen molar-refractivity contribution in [3.05, 3.63) is 77.9 Å². The molecule has 8 rings (SSSR count). The van der Waals surface area contributed by atoms with Crippen molar-refractivity contribution in [2.45, 2.75) is 25.0 Å². The highest BCUT2D eigenvalue weighted by Crippen LogP contribution is 2.36. The maximum atomic E-state index is 9.70. The van der Waals surface area contributed by atoms with E-state index in [-0.39, 0.29) is 0 Å². The zero-order valence-electron chi connectivity index (χ0n) is 21.2. The molecule has 4 aromatic heterocycles. The molecular formula is C29H28N8O. The molecule has 4 aliphatic rings. The number of rotatable bonds is 6. The van der Waals surface area contributed by atoms with E-state index in [0.29, 0.717) is 23.5 Å². The molecule has 2 atom stereocenters. The first-order valence-electron chi connectivity index (χ1n) is 13.0. The standard InChI is InChI=1S/C29H28N8O/c1-38-28-5-2-19(11-33-28)15-36-24-9-25(36)18-35(17-24)27-4-3-21(13-32-27)26-8-22(20-6-7-31-12-20)16-37-29(26)23(10-30)14-34-37/h2-6,8,11,13-14,16,24-25,31H,7,9,12,15,17-18H2,1H3. The van der Waals surface area contributed by atoms with Crippen LogP contribution in [0.3, 0.4) is 0 Å². The Labute approximate surface area is 221 Å². The van der Waals surface area contributed by atoms with E-state index < -0.39 is 0 Å². The lowest BCUT2D eigenvalue weighted by atomic mass is 9.87. The first kappa shape index (κ1) is 22.9. The number of hydrogen-bond donors (Lipinski definition) is 1. The van der Waals surface area contributed by atoms with Gasteiger partial charge in [0.2, 0.25) is 5.88 Å². The molecule has 190 valence electrons. The van der Waals surface area contributed by atoms with Crippen LogP contribution in [0.25, 0.3) is 22.2 Å². The number of piperazine rings is 1. The van der Waals surface area contributed by atoms with Crippen LogP contribution in [-0.2, 0) is 6.54 Å². The van der Waals surface area contributed by atoms with Crippen LogP contribution < -0.4 is 15.0 Å². The highest BCUT2D eigenvalue weighted by atomic mass is 16.5. The third-order valence-corrected chi connectivity index (χ3v) is 8.01. The number of ether oxygens (including phenoxy) is 1. The first-order valence-corrected chi connectivity index (χ1v) is 13.0. The largest absolute Gasteiger partial charge is 0.481 e. The third kappa shape index (κ3) is 3.90. The highest BCUT2D eigenvalue weighted by Gasteiger charge is 2.44. The van der Waals surface area contributed by atoms with Crippen molar-refractivity contribution in [3.8, 4) is 23.1 Å². The molecule has 3 saturated heterocycles. The van der Waals surface area contributed by atoms with Crippen LogP contribution in [0.2, 0.25) is 0 Å². The Hall–Kier alpha value is -4.26. The number of anilines is 1. The Morgan fingerprint density at radius 3 is 2.66 bits per heavy atom. The molecular weight excluding hydrogens is 476 g/mol. The summed E-state index contributed by atoms with van der Waals surface area (Å²) in [6.07, 6.45) is 10.9. The summed E-state index contributed by atoms with van der Waals surface area (Å²) in [6.45, 7) is 4.55. The molecule has 0 radical (unpaired) electrons. The van der Waals surface area contributed by atoms with E-state index in [1.54, 1.807) is 13.3 Å². The second-order valence-corrected chi connectivity index (χ2v) is 10.2. The topological polar surface area (TPSA) is 94.6 Å². The Kier molecular flexibility index (Phi) is 5.57. The number of pyridine rings is 3. The molecule has 4 aliphatic heterocycles. The Balaban J connectivity index is 1.11. The van der Waals surface area contributed by atoms with Gasteiger partial charge < -0.3 is 15.0 Å². The highest BCUT2D eigenvalue weighted by molar-refractivity contribution is 5.87. The molecule has 9 heteroatoms. The monoisotopic (exact) mass is 504 g/mol. The number of nitrogens with zero attached hydrogens (tertiary/aromatic N) is 7. The molecule has 9 nitrogen and oxygen atoms in total. The fourth-order valence-corrected chi connectivity index (χ4v) is 5.99. The van der Waals surface area contributed by atoms with E-state index in [4.69, 9.17) is 9.72 Å². The van der Waals surface area contributed by atoms with Crippen molar-refractivity contribution in [2.75, 3.05) is 38.2 Å². The lowest BCUT2D eigenvalue weighted by molar-refractivity contribution is -0.00876. The Morgan fingerprint density at radius 1 is 1.08 bits per heavy atom. The van der Waals surface area contributed by atoms with E-state index in [0.717, 1.165) is 60.7 Å². The summed E-state index contributed by atoms with van der Waals surface area (Å²) in [5.41, 5.74) is 6.92. The summed E-state index contributed by atoms with van der Waals surface area (Å²) in [7, 11) is 1.64. The molecule has 4 aromatic rings. The summed E-state index contributed by atoms with van der Waals surface area (Å²) < 4.78 is 7.01. The fourth-order valence-electron chi connectivity index (χ4n) is 5.99. The predicted molar refractivity (Wildman–Crippen MR) is 145 cm³/mol. The van der Waals surface area contributed by atoms with Crippen molar-refractivity contribution >= 4 is 16.9 Å². The van der Waals surface area contributed by atoms with E-state index >= 15 is 0 Å². The zero-order chi connectivity index (χ0) is 25.6. The van der Waals surface area contributed by atoms with Gasteiger partial charge in [-0.2, -0.15) is 10.4 Å². The molecule has 1 N–H and O–H groups in total. The van der Waals surface area contributed by atoms with Gasteiger partial charge in [-0.3, -0.25) is 4.90 Å². The summed E-state index contributed by atoms with van der Waals surface area (Å²) in [5.74, 6) is 1.65.